The topological polar surface area (TPSA) is 103 Å². The maximum Gasteiger partial charge on any atom is 0.294 e. The first-order valence-electron chi connectivity index (χ1n) is 8.46. The van der Waals surface area contributed by atoms with Crippen LogP contribution in [0.2, 0.25) is 0 Å². The van der Waals surface area contributed by atoms with E-state index in [0.717, 1.165) is 19.3 Å². The first kappa shape index (κ1) is 15.7. The number of rotatable bonds is 4. The van der Waals surface area contributed by atoms with Crippen LogP contribution in [0, 0.1) is 5.41 Å². The molecule has 8 nitrogen and oxygen atoms in total. The van der Waals surface area contributed by atoms with Crippen molar-refractivity contribution in [3.05, 3.63) is 36.0 Å². The molecule has 2 aromatic heterocycles. The molecular weight excluding hydrogens is 322 g/mol. The molecule has 1 saturated heterocycles. The Morgan fingerprint density at radius 3 is 2.96 bits per heavy atom. The second kappa shape index (κ2) is 5.94. The van der Waals surface area contributed by atoms with Gasteiger partial charge in [-0.05, 0) is 36.8 Å². The number of oxazole rings is 1. The Morgan fingerprint density at radius 1 is 1.44 bits per heavy atom. The molecule has 3 heterocycles. The minimum absolute atomic E-state index is 0.0722. The Labute approximate surface area is 145 Å². The molecule has 2 amide bonds. The van der Waals surface area contributed by atoms with E-state index in [-0.39, 0.29) is 29.0 Å². The van der Waals surface area contributed by atoms with Crippen LogP contribution in [0.25, 0.3) is 0 Å². The van der Waals surface area contributed by atoms with Crippen LogP contribution in [0.1, 0.15) is 40.3 Å². The van der Waals surface area contributed by atoms with E-state index in [1.54, 1.807) is 25.4 Å². The summed E-state index contributed by atoms with van der Waals surface area (Å²) in [6.07, 6.45) is 5.96. The lowest BCUT2D eigenvalue weighted by Crippen LogP contribution is -2.52. The number of nitrogens with one attached hydrogen (secondary N) is 3. The summed E-state index contributed by atoms with van der Waals surface area (Å²) >= 11 is 0. The number of carbonyl (C=O) groups is 2. The number of aromatic amines is 1. The number of likely N-dealkylation sites (tertiary alicyclic amines) is 1. The number of nitrogens with zero attached hydrogens (tertiary/aromatic N) is 2. The molecule has 0 unspecified atom stereocenters. The highest BCUT2D eigenvalue weighted by atomic mass is 16.4. The van der Waals surface area contributed by atoms with E-state index in [1.807, 2.05) is 4.90 Å². The lowest BCUT2D eigenvalue weighted by atomic mass is 9.65. The minimum Gasteiger partial charge on any atom is -0.418 e. The van der Waals surface area contributed by atoms with E-state index in [4.69, 9.17) is 4.42 Å². The smallest absolute Gasteiger partial charge is 0.294 e. The van der Waals surface area contributed by atoms with E-state index in [9.17, 15) is 9.59 Å². The van der Waals surface area contributed by atoms with Gasteiger partial charge >= 0.3 is 0 Å². The molecule has 2 aliphatic rings. The summed E-state index contributed by atoms with van der Waals surface area (Å²) in [6, 6.07) is 4.08. The fraction of sp³-hybridized carbons (Fsp3) is 0.471. The van der Waals surface area contributed by atoms with Gasteiger partial charge in [-0.1, -0.05) is 0 Å². The van der Waals surface area contributed by atoms with Crippen LogP contribution in [-0.4, -0.2) is 52.9 Å². The fourth-order valence-corrected chi connectivity index (χ4v) is 3.91. The number of amides is 2. The number of H-pyrrole nitrogens is 1. The number of aromatic nitrogens is 2. The van der Waals surface area contributed by atoms with Crippen molar-refractivity contribution in [3.63, 3.8) is 0 Å². The van der Waals surface area contributed by atoms with Crippen LogP contribution in [0.4, 0.5) is 6.01 Å². The molecule has 0 atom stereocenters. The highest BCUT2D eigenvalue weighted by Gasteiger charge is 2.50. The zero-order valence-electron chi connectivity index (χ0n) is 14.0. The average Bonchev–Trinajstić information content (AvgIpc) is 3.32. The summed E-state index contributed by atoms with van der Waals surface area (Å²) < 4.78 is 5.37. The third-order valence-electron chi connectivity index (χ3n) is 5.19. The van der Waals surface area contributed by atoms with Crippen molar-refractivity contribution in [2.75, 3.05) is 25.5 Å². The predicted molar refractivity (Wildman–Crippen MR) is 90.3 cm³/mol. The predicted octanol–water partition coefficient (Wildman–Crippen LogP) is 1.47. The van der Waals surface area contributed by atoms with Crippen LogP contribution in [-0.2, 0) is 0 Å². The van der Waals surface area contributed by atoms with Gasteiger partial charge in [0.15, 0.2) is 0 Å². The van der Waals surface area contributed by atoms with Crippen molar-refractivity contribution in [2.24, 2.45) is 5.41 Å². The SMILES string of the molecule is CNc1ncc(C(=O)N2CCC3(CC(NC(=O)c4ccc[nH]4)C3)C2)o1. The molecule has 132 valence electrons. The molecular formula is C17H21N5O3. The molecule has 8 heteroatoms. The van der Waals surface area contributed by atoms with Gasteiger partial charge in [-0.15, -0.1) is 0 Å². The molecule has 25 heavy (non-hydrogen) atoms. The van der Waals surface area contributed by atoms with Crippen molar-refractivity contribution in [2.45, 2.75) is 25.3 Å². The summed E-state index contributed by atoms with van der Waals surface area (Å²) in [4.78, 5) is 33.3. The van der Waals surface area contributed by atoms with Crippen molar-refractivity contribution >= 4 is 17.8 Å². The summed E-state index contributed by atoms with van der Waals surface area (Å²) in [7, 11) is 1.70. The number of hydrogen-bond donors (Lipinski definition) is 3. The average molecular weight is 343 g/mol. The first-order valence-corrected chi connectivity index (χ1v) is 8.46. The van der Waals surface area contributed by atoms with Crippen molar-refractivity contribution in [1.82, 2.24) is 20.2 Å². The quantitative estimate of drug-likeness (QED) is 0.780. The maximum atomic E-state index is 12.5. The Hall–Kier alpha value is -2.77. The Kier molecular flexibility index (Phi) is 3.74. The Balaban J connectivity index is 1.31. The van der Waals surface area contributed by atoms with Crippen molar-refractivity contribution in [1.29, 1.82) is 0 Å². The number of carbonyl (C=O) groups excluding carboxylic acids is 2. The van der Waals surface area contributed by atoms with Gasteiger partial charge in [0.05, 0.1) is 6.20 Å². The molecule has 0 aromatic carbocycles. The van der Waals surface area contributed by atoms with Crippen LogP contribution in [0.15, 0.2) is 28.9 Å². The van der Waals surface area contributed by atoms with E-state index < -0.39 is 0 Å². The van der Waals surface area contributed by atoms with E-state index in [0.29, 0.717) is 24.8 Å². The van der Waals surface area contributed by atoms with Gasteiger partial charge in [0.2, 0.25) is 5.76 Å². The van der Waals surface area contributed by atoms with E-state index in [2.05, 4.69) is 20.6 Å². The maximum absolute atomic E-state index is 12.5. The van der Waals surface area contributed by atoms with Crippen LogP contribution in [0.3, 0.4) is 0 Å². The molecule has 1 spiro atoms. The fourth-order valence-electron chi connectivity index (χ4n) is 3.91. The molecule has 4 rings (SSSR count). The van der Waals surface area contributed by atoms with Gasteiger partial charge in [-0.2, -0.15) is 0 Å². The van der Waals surface area contributed by atoms with Gasteiger partial charge in [0.1, 0.15) is 5.69 Å². The van der Waals surface area contributed by atoms with Gasteiger partial charge in [-0.3, -0.25) is 9.59 Å². The molecule has 1 saturated carbocycles. The Bertz CT molecular complexity index is 776. The highest BCUT2D eigenvalue weighted by molar-refractivity contribution is 5.93. The summed E-state index contributed by atoms with van der Waals surface area (Å²) in [5, 5.41) is 5.82. The van der Waals surface area contributed by atoms with Crippen molar-refractivity contribution in [3.8, 4) is 0 Å². The summed E-state index contributed by atoms with van der Waals surface area (Å²) in [5.74, 6) is 0.0686. The second-order valence-corrected chi connectivity index (χ2v) is 6.92. The molecule has 0 radical (unpaired) electrons. The normalized spacial score (nSPS) is 25.0. The zero-order chi connectivity index (χ0) is 17.4. The van der Waals surface area contributed by atoms with E-state index >= 15 is 0 Å². The van der Waals surface area contributed by atoms with Crippen LogP contribution >= 0.6 is 0 Å². The summed E-state index contributed by atoms with van der Waals surface area (Å²) in [5.41, 5.74) is 0.699. The monoisotopic (exact) mass is 343 g/mol. The largest absolute Gasteiger partial charge is 0.418 e. The Morgan fingerprint density at radius 2 is 2.28 bits per heavy atom. The highest BCUT2D eigenvalue weighted by Crippen LogP contribution is 2.48. The zero-order valence-corrected chi connectivity index (χ0v) is 14.0. The molecule has 2 aromatic rings. The van der Waals surface area contributed by atoms with E-state index in [1.165, 1.54) is 6.20 Å². The molecule has 0 bridgehead atoms. The molecule has 3 N–H and O–H groups in total. The third kappa shape index (κ3) is 2.88. The second-order valence-electron chi connectivity index (χ2n) is 6.92. The standard InChI is InChI=1S/C17H21N5O3/c1-18-16-20-9-13(25-16)15(24)22-6-4-17(10-22)7-11(8-17)21-14(23)12-3-2-5-19-12/h2-3,5,9,11,19H,4,6-8,10H2,1H3,(H,18,20)(H,21,23). The van der Waals surface area contributed by atoms with Gasteiger partial charge < -0.3 is 24.9 Å². The molecule has 1 aliphatic carbocycles. The van der Waals surface area contributed by atoms with Gasteiger partial charge in [0.25, 0.3) is 17.8 Å². The molecule has 1 aliphatic heterocycles. The number of hydrogen-bond acceptors (Lipinski definition) is 5. The minimum atomic E-state index is -0.121. The lowest BCUT2D eigenvalue weighted by Gasteiger charge is -2.45. The number of anilines is 1. The van der Waals surface area contributed by atoms with Gasteiger partial charge in [0, 0.05) is 32.4 Å². The van der Waals surface area contributed by atoms with Gasteiger partial charge in [-0.25, -0.2) is 4.98 Å². The first-order chi connectivity index (χ1) is 12.1. The molecule has 2 fully saturated rings. The van der Waals surface area contributed by atoms with Crippen LogP contribution < -0.4 is 10.6 Å². The van der Waals surface area contributed by atoms with Crippen LogP contribution in [0.5, 0.6) is 0 Å². The summed E-state index contributed by atoms with van der Waals surface area (Å²) in [6.45, 7) is 1.42. The van der Waals surface area contributed by atoms with Crippen molar-refractivity contribution < 1.29 is 14.0 Å². The lowest BCUT2D eigenvalue weighted by molar-refractivity contribution is 0.0593. The third-order valence-corrected chi connectivity index (χ3v) is 5.19.